The second kappa shape index (κ2) is 11.9. The smallest absolute Gasteiger partial charge is 0.254 e. The molecular weight excluding hydrogens is 460 g/mol. The van der Waals surface area contributed by atoms with E-state index in [-0.39, 0.29) is 23.7 Å². The summed E-state index contributed by atoms with van der Waals surface area (Å²) in [6, 6.07) is 18.4. The number of carbonyl (C=O) groups is 1. The Kier molecular flexibility index (Phi) is 8.62. The fraction of sp³-hybridized carbons (Fsp3) is 0.419. The maximum absolute atomic E-state index is 13.4. The van der Waals surface area contributed by atoms with Gasteiger partial charge < -0.3 is 10.0 Å². The summed E-state index contributed by atoms with van der Waals surface area (Å²) in [4.78, 5) is 24.5. The molecule has 0 spiro atoms. The highest BCUT2D eigenvalue weighted by atomic mass is 16.3. The first kappa shape index (κ1) is 26.8. The van der Waals surface area contributed by atoms with Crippen LogP contribution in [0, 0.1) is 6.92 Å². The number of carbonyl (C=O) groups excluding carboxylic acids is 1. The average molecular weight is 501 g/mol. The Balaban J connectivity index is 1.71. The van der Waals surface area contributed by atoms with E-state index < -0.39 is 0 Å². The molecule has 3 atom stereocenters. The van der Waals surface area contributed by atoms with E-state index in [2.05, 4.69) is 59.8 Å². The Morgan fingerprint density at radius 3 is 2.41 bits per heavy atom. The van der Waals surface area contributed by atoms with E-state index in [4.69, 9.17) is 0 Å². The van der Waals surface area contributed by atoms with Gasteiger partial charge in [-0.25, -0.2) is 0 Å². The van der Waals surface area contributed by atoms with Crippen LogP contribution in [-0.4, -0.2) is 69.0 Å². The van der Waals surface area contributed by atoms with Gasteiger partial charge in [0.15, 0.2) is 0 Å². The van der Waals surface area contributed by atoms with Crippen LogP contribution in [0.5, 0.6) is 5.75 Å². The van der Waals surface area contributed by atoms with Crippen molar-refractivity contribution < 1.29 is 9.90 Å². The number of phenols is 1. The standard InChI is InChI=1S/C31H40N4O2/c1-6-33(7-2)31(37)29-13-9-12-28(24(29)5)30(26-10-8-11-27(36)18-26)35-20-22(3)34(19-23(35)4)21-25-14-16-32-17-15-25/h8-18,22-23,30,36H,6-7,19-21H2,1-5H3/t22-,23+,30+/m1/s1. The van der Waals surface area contributed by atoms with Gasteiger partial charge in [-0.15, -0.1) is 0 Å². The van der Waals surface area contributed by atoms with Crippen molar-refractivity contribution in [3.8, 4) is 5.75 Å². The van der Waals surface area contributed by atoms with Gasteiger partial charge in [0, 0.05) is 62.8 Å². The second-order valence-electron chi connectivity index (χ2n) is 10.2. The molecule has 196 valence electrons. The summed E-state index contributed by atoms with van der Waals surface area (Å²) < 4.78 is 0. The molecule has 1 aliphatic heterocycles. The van der Waals surface area contributed by atoms with Crippen molar-refractivity contribution in [3.05, 3.63) is 94.8 Å². The van der Waals surface area contributed by atoms with Gasteiger partial charge in [0.2, 0.25) is 0 Å². The highest BCUT2D eigenvalue weighted by Crippen LogP contribution is 2.37. The highest BCUT2D eigenvalue weighted by Gasteiger charge is 2.36. The predicted molar refractivity (Wildman–Crippen MR) is 149 cm³/mol. The van der Waals surface area contributed by atoms with Crippen molar-refractivity contribution in [1.82, 2.24) is 19.7 Å². The fourth-order valence-electron chi connectivity index (χ4n) is 5.63. The molecule has 1 fully saturated rings. The van der Waals surface area contributed by atoms with Crippen LogP contribution in [0.3, 0.4) is 0 Å². The van der Waals surface area contributed by atoms with Gasteiger partial charge in [-0.3, -0.25) is 19.6 Å². The number of hydrogen-bond donors (Lipinski definition) is 1. The molecule has 6 nitrogen and oxygen atoms in total. The molecule has 1 aromatic heterocycles. The molecule has 0 saturated carbocycles. The zero-order valence-corrected chi connectivity index (χ0v) is 22.8. The SMILES string of the molecule is CCN(CC)C(=O)c1cccc([C@H](c2cccc(O)c2)N2C[C@@H](C)N(Cc3ccncc3)C[C@@H]2C)c1C. The first-order valence-electron chi connectivity index (χ1n) is 13.4. The van der Waals surface area contributed by atoms with Crippen LogP contribution in [0.25, 0.3) is 0 Å². The van der Waals surface area contributed by atoms with Crippen LogP contribution in [0.1, 0.15) is 66.3 Å². The van der Waals surface area contributed by atoms with Crippen LogP contribution in [0.4, 0.5) is 0 Å². The summed E-state index contributed by atoms with van der Waals surface area (Å²) in [5, 5.41) is 10.4. The third-order valence-corrected chi connectivity index (χ3v) is 7.77. The Labute approximate surface area is 221 Å². The van der Waals surface area contributed by atoms with Crippen molar-refractivity contribution in [2.45, 2.75) is 59.3 Å². The van der Waals surface area contributed by atoms with E-state index in [0.29, 0.717) is 19.1 Å². The number of piperazine rings is 1. The lowest BCUT2D eigenvalue weighted by Gasteiger charge is -2.48. The lowest BCUT2D eigenvalue weighted by Crippen LogP contribution is -2.56. The van der Waals surface area contributed by atoms with E-state index in [1.165, 1.54) is 5.56 Å². The van der Waals surface area contributed by atoms with Crippen molar-refractivity contribution in [2.24, 2.45) is 0 Å². The normalized spacial score (nSPS) is 19.5. The van der Waals surface area contributed by atoms with Crippen molar-refractivity contribution >= 4 is 5.91 Å². The molecule has 4 rings (SSSR count). The van der Waals surface area contributed by atoms with Gasteiger partial charge in [0.25, 0.3) is 5.91 Å². The molecule has 1 amide bonds. The molecule has 3 aromatic rings. The van der Waals surface area contributed by atoms with E-state index in [0.717, 1.165) is 41.9 Å². The minimum atomic E-state index is -0.0721. The molecule has 1 aliphatic rings. The van der Waals surface area contributed by atoms with Gasteiger partial charge in [-0.1, -0.05) is 24.3 Å². The van der Waals surface area contributed by atoms with Crippen LogP contribution in [-0.2, 0) is 6.54 Å². The van der Waals surface area contributed by atoms with Crippen LogP contribution in [0.2, 0.25) is 0 Å². The number of benzene rings is 2. The maximum atomic E-state index is 13.4. The van der Waals surface area contributed by atoms with Gasteiger partial charge in [-0.2, -0.15) is 0 Å². The molecule has 0 radical (unpaired) electrons. The molecule has 1 N–H and O–H groups in total. The van der Waals surface area contributed by atoms with Crippen LogP contribution in [0.15, 0.2) is 67.0 Å². The summed E-state index contributed by atoms with van der Waals surface area (Å²) in [7, 11) is 0. The molecule has 37 heavy (non-hydrogen) atoms. The Bertz CT molecular complexity index is 1190. The summed E-state index contributed by atoms with van der Waals surface area (Å²) in [6.07, 6.45) is 3.71. The van der Waals surface area contributed by atoms with Gasteiger partial charge in [0.1, 0.15) is 5.75 Å². The van der Waals surface area contributed by atoms with Crippen molar-refractivity contribution in [1.29, 1.82) is 0 Å². The average Bonchev–Trinajstić information content (AvgIpc) is 2.89. The molecule has 2 aromatic carbocycles. The largest absolute Gasteiger partial charge is 0.508 e. The van der Waals surface area contributed by atoms with E-state index >= 15 is 0 Å². The van der Waals surface area contributed by atoms with E-state index in [9.17, 15) is 9.90 Å². The third-order valence-electron chi connectivity index (χ3n) is 7.77. The highest BCUT2D eigenvalue weighted by molar-refractivity contribution is 5.96. The van der Waals surface area contributed by atoms with Crippen molar-refractivity contribution in [3.63, 3.8) is 0 Å². The van der Waals surface area contributed by atoms with Crippen LogP contribution >= 0.6 is 0 Å². The Morgan fingerprint density at radius 1 is 1.03 bits per heavy atom. The summed E-state index contributed by atoms with van der Waals surface area (Å²) >= 11 is 0. The van der Waals surface area contributed by atoms with E-state index in [1.807, 2.05) is 55.4 Å². The predicted octanol–water partition coefficient (Wildman–Crippen LogP) is 5.26. The maximum Gasteiger partial charge on any atom is 0.254 e. The molecule has 1 saturated heterocycles. The third kappa shape index (κ3) is 5.86. The topological polar surface area (TPSA) is 59.9 Å². The number of hydrogen-bond acceptors (Lipinski definition) is 5. The molecule has 6 heteroatoms. The number of amides is 1. The number of phenolic OH excluding ortho intramolecular Hbond substituents is 1. The lowest BCUT2D eigenvalue weighted by atomic mass is 9.88. The fourth-order valence-corrected chi connectivity index (χ4v) is 5.63. The van der Waals surface area contributed by atoms with Gasteiger partial charge in [0.05, 0.1) is 6.04 Å². The quantitative estimate of drug-likeness (QED) is 0.457. The number of nitrogens with zero attached hydrogens (tertiary/aromatic N) is 4. The summed E-state index contributed by atoms with van der Waals surface area (Å²) in [5.41, 5.74) is 5.18. The van der Waals surface area contributed by atoms with Gasteiger partial charge >= 0.3 is 0 Å². The van der Waals surface area contributed by atoms with Crippen LogP contribution < -0.4 is 0 Å². The minimum absolute atomic E-state index is 0.0718. The van der Waals surface area contributed by atoms with Crippen molar-refractivity contribution in [2.75, 3.05) is 26.2 Å². The number of rotatable bonds is 8. The monoisotopic (exact) mass is 500 g/mol. The Morgan fingerprint density at radius 2 is 1.73 bits per heavy atom. The number of aromatic nitrogens is 1. The number of pyridine rings is 1. The molecule has 0 bridgehead atoms. The zero-order valence-electron chi connectivity index (χ0n) is 22.8. The zero-order chi connectivity index (χ0) is 26.5. The number of aromatic hydroxyl groups is 1. The molecule has 0 aliphatic carbocycles. The van der Waals surface area contributed by atoms with E-state index in [1.54, 1.807) is 6.07 Å². The first-order valence-corrected chi connectivity index (χ1v) is 13.4. The Hall–Kier alpha value is -3.22. The second-order valence-corrected chi connectivity index (χ2v) is 10.2. The molecule has 2 heterocycles. The molecule has 0 unspecified atom stereocenters. The summed E-state index contributed by atoms with van der Waals surface area (Å²) in [5.74, 6) is 0.329. The molecular formula is C31H40N4O2. The first-order chi connectivity index (χ1) is 17.8. The minimum Gasteiger partial charge on any atom is -0.508 e. The summed E-state index contributed by atoms with van der Waals surface area (Å²) in [6.45, 7) is 14.7. The van der Waals surface area contributed by atoms with Gasteiger partial charge in [-0.05, 0) is 87.2 Å². The lowest BCUT2D eigenvalue weighted by molar-refractivity contribution is 0.0193.